The third kappa shape index (κ3) is 4.78. The summed E-state index contributed by atoms with van der Waals surface area (Å²) in [5.41, 5.74) is 2.15. The molecule has 2 saturated heterocycles. The molecule has 2 amide bonds. The molecule has 0 aliphatic carbocycles. The predicted octanol–water partition coefficient (Wildman–Crippen LogP) is -1.90. The Labute approximate surface area is 138 Å². The zero-order valence-corrected chi connectivity index (χ0v) is 13.5. The number of hydrogen-bond donors (Lipinski definition) is 2. The van der Waals surface area contributed by atoms with Crippen LogP contribution in [0.2, 0.25) is 0 Å². The van der Waals surface area contributed by atoms with Gasteiger partial charge in [-0.25, -0.2) is 9.63 Å². The molecule has 2 heterocycles. The molecule has 134 valence electrons. The maximum Gasteiger partial charge on any atom is 0.328 e. The van der Waals surface area contributed by atoms with Crippen LogP contribution in [-0.4, -0.2) is 78.6 Å². The van der Waals surface area contributed by atoms with Gasteiger partial charge in [0.05, 0.1) is 31.7 Å². The highest BCUT2D eigenvalue weighted by Crippen LogP contribution is 2.08. The number of carbonyl (C=O) groups is 3. The summed E-state index contributed by atoms with van der Waals surface area (Å²) in [4.78, 5) is 53.3. The summed E-state index contributed by atoms with van der Waals surface area (Å²) in [5, 5.41) is 4.02. The molecular formula is C13H22N5O6+. The summed E-state index contributed by atoms with van der Waals surface area (Å²) in [6.45, 7) is 1.82. The number of piperazine rings is 1. The Morgan fingerprint density at radius 1 is 1.29 bits per heavy atom. The lowest BCUT2D eigenvalue weighted by molar-refractivity contribution is -0.788. The van der Waals surface area contributed by atoms with Crippen molar-refractivity contribution in [2.75, 3.05) is 39.9 Å². The quantitative estimate of drug-likeness (QED) is 0.312. The van der Waals surface area contributed by atoms with Crippen molar-refractivity contribution >= 4 is 17.8 Å². The van der Waals surface area contributed by atoms with Crippen molar-refractivity contribution < 1.29 is 28.9 Å². The van der Waals surface area contributed by atoms with Crippen molar-refractivity contribution in [1.82, 2.24) is 20.8 Å². The van der Waals surface area contributed by atoms with Gasteiger partial charge in [-0.1, -0.05) is 0 Å². The van der Waals surface area contributed by atoms with Crippen molar-refractivity contribution in [2.45, 2.75) is 25.3 Å². The van der Waals surface area contributed by atoms with Crippen LogP contribution in [0.4, 0.5) is 0 Å². The Kier molecular flexibility index (Phi) is 6.29. The maximum absolute atomic E-state index is 12.1. The topological polar surface area (TPSA) is 120 Å². The van der Waals surface area contributed by atoms with Crippen molar-refractivity contribution in [3.63, 3.8) is 0 Å². The normalized spacial score (nSPS) is 20.5. The standard InChI is InChI=1S/C13H21N5O6/c1-23-15-18(22)17-7-5-16(6-8-17)12(20)3-2-11(19)14-10-4-9-24-13(10)21/h10H,2-9H2,1H3,(H-,14,15,19,22)/p+1. The summed E-state index contributed by atoms with van der Waals surface area (Å²) in [5.74, 6) is -0.936. The molecule has 2 aliphatic heterocycles. The molecule has 2 fully saturated rings. The Hall–Kier alpha value is -2.43. The van der Waals surface area contributed by atoms with Crippen molar-refractivity contribution in [3.05, 3.63) is 4.91 Å². The summed E-state index contributed by atoms with van der Waals surface area (Å²) in [7, 11) is 1.33. The number of rotatable bonds is 7. The van der Waals surface area contributed by atoms with Crippen LogP contribution in [0.1, 0.15) is 19.3 Å². The van der Waals surface area contributed by atoms with Gasteiger partial charge in [0.25, 0.3) is 4.98 Å². The van der Waals surface area contributed by atoms with Crippen molar-refractivity contribution in [2.24, 2.45) is 0 Å². The number of hydrogen-bond acceptors (Lipinski definition) is 6. The van der Waals surface area contributed by atoms with Gasteiger partial charge in [0.2, 0.25) is 11.8 Å². The van der Waals surface area contributed by atoms with Gasteiger partial charge in [-0.2, -0.15) is 0 Å². The molecule has 2 rings (SSSR count). The van der Waals surface area contributed by atoms with Gasteiger partial charge in [0.15, 0.2) is 0 Å². The summed E-state index contributed by atoms with van der Waals surface area (Å²) >= 11 is 0. The molecule has 0 aromatic rings. The van der Waals surface area contributed by atoms with E-state index in [-0.39, 0.29) is 24.7 Å². The third-order valence-electron chi connectivity index (χ3n) is 3.87. The van der Waals surface area contributed by atoms with Crippen LogP contribution in [0, 0.1) is 4.91 Å². The number of cyclic esters (lactones) is 1. The summed E-state index contributed by atoms with van der Waals surface area (Å²) in [6.07, 6.45) is 0.536. The average Bonchev–Trinajstić information content (AvgIpc) is 2.98. The van der Waals surface area contributed by atoms with Gasteiger partial charge in [-0.3, -0.25) is 9.59 Å². The van der Waals surface area contributed by atoms with Gasteiger partial charge >= 0.3 is 5.97 Å². The Bertz CT molecular complexity index is 505. The molecule has 11 nitrogen and oxygen atoms in total. The number of hydrazine groups is 2. The van der Waals surface area contributed by atoms with Crippen LogP contribution in [0.25, 0.3) is 0 Å². The number of ether oxygens (including phenoxy) is 1. The fraction of sp³-hybridized carbons (Fsp3) is 0.769. The predicted molar refractivity (Wildman–Crippen MR) is 78.7 cm³/mol. The molecule has 0 aromatic heterocycles. The van der Waals surface area contributed by atoms with Crippen LogP contribution in [-0.2, 0) is 24.0 Å². The molecule has 0 spiro atoms. The summed E-state index contributed by atoms with van der Waals surface area (Å²) < 4.78 is 4.76. The van der Waals surface area contributed by atoms with Gasteiger partial charge in [-0.05, 0) is 0 Å². The fourth-order valence-corrected chi connectivity index (χ4v) is 2.53. The fourth-order valence-electron chi connectivity index (χ4n) is 2.53. The molecule has 0 saturated carbocycles. The van der Waals surface area contributed by atoms with E-state index in [4.69, 9.17) is 4.74 Å². The average molecular weight is 344 g/mol. The molecule has 11 heteroatoms. The van der Waals surface area contributed by atoms with E-state index in [1.54, 1.807) is 4.90 Å². The van der Waals surface area contributed by atoms with Crippen LogP contribution in [0.3, 0.4) is 0 Å². The lowest BCUT2D eigenvalue weighted by Crippen LogP contribution is -2.54. The van der Waals surface area contributed by atoms with Gasteiger partial charge in [0, 0.05) is 37.9 Å². The first-order valence-corrected chi connectivity index (χ1v) is 7.75. The van der Waals surface area contributed by atoms with Crippen molar-refractivity contribution in [1.29, 1.82) is 0 Å². The van der Waals surface area contributed by atoms with E-state index in [0.717, 1.165) is 0 Å². The third-order valence-corrected chi connectivity index (χ3v) is 3.87. The Morgan fingerprint density at radius 2 is 2.00 bits per heavy atom. The first-order chi connectivity index (χ1) is 11.5. The van der Waals surface area contributed by atoms with E-state index >= 15 is 0 Å². The maximum atomic E-state index is 12.1. The second kappa shape index (κ2) is 8.43. The first kappa shape index (κ1) is 17.9. The molecule has 1 unspecified atom stereocenters. The highest BCUT2D eigenvalue weighted by molar-refractivity contribution is 5.88. The molecule has 24 heavy (non-hydrogen) atoms. The molecular weight excluding hydrogens is 322 g/mol. The Balaban J connectivity index is 1.67. The van der Waals surface area contributed by atoms with Crippen LogP contribution in [0.15, 0.2) is 0 Å². The second-order valence-electron chi connectivity index (χ2n) is 5.48. The molecule has 1 atom stereocenters. The van der Waals surface area contributed by atoms with E-state index in [0.29, 0.717) is 44.2 Å². The molecule has 0 aromatic carbocycles. The largest absolute Gasteiger partial charge is 0.464 e. The lowest BCUT2D eigenvalue weighted by Gasteiger charge is -2.29. The number of nitroso groups, excluding NO2 is 1. The SMILES string of the molecule is CON[N+](=O)N1CCN(C(=O)CCC(=O)NC2CCOC2=O)CC1. The number of nitrogens with zero attached hydrogens (tertiary/aromatic N) is 3. The zero-order valence-electron chi connectivity index (χ0n) is 13.5. The summed E-state index contributed by atoms with van der Waals surface area (Å²) in [6, 6.07) is -0.604. The molecule has 0 radical (unpaired) electrons. The minimum absolute atomic E-state index is 0.0156. The monoisotopic (exact) mass is 344 g/mol. The van der Waals surface area contributed by atoms with E-state index < -0.39 is 12.0 Å². The molecule has 2 aliphatic rings. The van der Waals surface area contributed by atoms with Gasteiger partial charge in [-0.15, -0.1) is 5.01 Å². The minimum Gasteiger partial charge on any atom is -0.464 e. The molecule has 2 N–H and O–H groups in total. The highest BCUT2D eigenvalue weighted by Gasteiger charge is 2.30. The number of nitrogens with one attached hydrogen (secondary N) is 2. The van der Waals surface area contributed by atoms with Gasteiger partial charge in [0.1, 0.15) is 6.04 Å². The van der Waals surface area contributed by atoms with E-state index in [2.05, 4.69) is 15.7 Å². The van der Waals surface area contributed by atoms with Crippen LogP contribution in [0.5, 0.6) is 0 Å². The van der Waals surface area contributed by atoms with E-state index in [9.17, 15) is 19.3 Å². The number of esters is 1. The first-order valence-electron chi connectivity index (χ1n) is 7.75. The minimum atomic E-state index is -0.604. The second-order valence-corrected chi connectivity index (χ2v) is 5.48. The highest BCUT2D eigenvalue weighted by atomic mass is 16.7. The van der Waals surface area contributed by atoms with E-state index in [1.165, 1.54) is 12.1 Å². The number of amides is 2. The van der Waals surface area contributed by atoms with Crippen LogP contribution >= 0.6 is 0 Å². The molecule has 0 bridgehead atoms. The zero-order chi connectivity index (χ0) is 17.5. The van der Waals surface area contributed by atoms with Crippen molar-refractivity contribution in [3.8, 4) is 0 Å². The lowest BCUT2D eigenvalue weighted by atomic mass is 10.2. The van der Waals surface area contributed by atoms with Gasteiger partial charge < -0.3 is 15.0 Å². The Morgan fingerprint density at radius 3 is 2.58 bits per heavy atom. The van der Waals surface area contributed by atoms with E-state index in [1.807, 2.05) is 0 Å². The number of carbonyl (C=O) groups excluding carboxylic acids is 3. The van der Waals surface area contributed by atoms with Crippen LogP contribution < -0.4 is 10.9 Å². The smallest absolute Gasteiger partial charge is 0.328 e.